The number of nitrogens with zero attached hydrogens (tertiary/aromatic N) is 1. The Labute approximate surface area is 157 Å². The van der Waals surface area contributed by atoms with Crippen molar-refractivity contribution in [1.82, 2.24) is 0 Å². The molecule has 0 saturated heterocycles. The molecule has 8 nitrogen and oxygen atoms in total. The van der Waals surface area contributed by atoms with Crippen LogP contribution in [-0.4, -0.2) is 26.7 Å². The van der Waals surface area contributed by atoms with Crippen LogP contribution in [0.3, 0.4) is 0 Å². The van der Waals surface area contributed by atoms with Crippen LogP contribution in [0.2, 0.25) is 0 Å². The molecule has 0 bridgehead atoms. The van der Waals surface area contributed by atoms with Crippen LogP contribution in [0, 0.1) is 10.1 Å². The summed E-state index contributed by atoms with van der Waals surface area (Å²) in [5.74, 6) is -2.67. The Bertz CT molecular complexity index is 1170. The van der Waals surface area contributed by atoms with Gasteiger partial charge in [-0.05, 0) is 30.3 Å². The zero-order chi connectivity index (χ0) is 20.0. The summed E-state index contributed by atoms with van der Waals surface area (Å²) >= 11 is 0. The second kappa shape index (κ2) is 6.20. The van der Waals surface area contributed by atoms with Gasteiger partial charge in [-0.25, -0.2) is 0 Å². The van der Waals surface area contributed by atoms with Crippen molar-refractivity contribution in [3.63, 3.8) is 0 Å². The normalized spacial score (nSPS) is 12.3. The maximum Gasteiger partial charge on any atom is 0.293 e. The van der Waals surface area contributed by atoms with Gasteiger partial charge in [0.2, 0.25) is 5.78 Å². The van der Waals surface area contributed by atoms with Gasteiger partial charge in [-0.3, -0.25) is 19.7 Å². The second-order valence-corrected chi connectivity index (χ2v) is 6.14. The number of benzene rings is 3. The molecule has 0 fully saturated rings. The Morgan fingerprint density at radius 1 is 0.821 bits per heavy atom. The van der Waals surface area contributed by atoms with E-state index in [1.165, 1.54) is 12.1 Å². The molecule has 1 aliphatic rings. The molecule has 0 saturated carbocycles. The molecule has 138 valence electrons. The monoisotopic (exact) mass is 376 g/mol. The Morgan fingerprint density at radius 3 is 2.14 bits per heavy atom. The first-order valence-electron chi connectivity index (χ1n) is 8.18. The van der Waals surface area contributed by atoms with E-state index in [9.17, 15) is 29.9 Å². The zero-order valence-electron chi connectivity index (χ0n) is 14.2. The summed E-state index contributed by atoms with van der Waals surface area (Å²) in [6.07, 6.45) is 0. The molecule has 0 atom stereocenters. The van der Waals surface area contributed by atoms with Crippen molar-refractivity contribution in [2.75, 3.05) is 5.32 Å². The van der Waals surface area contributed by atoms with E-state index in [2.05, 4.69) is 5.32 Å². The molecule has 0 unspecified atom stereocenters. The summed E-state index contributed by atoms with van der Waals surface area (Å²) in [4.78, 5) is 36.9. The highest BCUT2D eigenvalue weighted by molar-refractivity contribution is 6.31. The first-order chi connectivity index (χ1) is 13.4. The van der Waals surface area contributed by atoms with Crippen molar-refractivity contribution < 1.29 is 24.7 Å². The van der Waals surface area contributed by atoms with Crippen LogP contribution < -0.4 is 5.32 Å². The van der Waals surface area contributed by atoms with Crippen LogP contribution >= 0.6 is 0 Å². The van der Waals surface area contributed by atoms with E-state index in [4.69, 9.17) is 0 Å². The molecule has 3 N–H and O–H groups in total. The highest BCUT2D eigenvalue weighted by Crippen LogP contribution is 2.43. The fourth-order valence-corrected chi connectivity index (χ4v) is 3.23. The van der Waals surface area contributed by atoms with Gasteiger partial charge in [0.1, 0.15) is 5.69 Å². The predicted molar refractivity (Wildman–Crippen MR) is 99.5 cm³/mol. The number of phenolic OH excluding ortho intramolecular Hbond substituents is 2. The van der Waals surface area contributed by atoms with Crippen molar-refractivity contribution >= 4 is 28.6 Å². The molecule has 0 spiro atoms. The number of para-hydroxylation sites is 1. The number of carbonyl (C=O) groups is 2. The second-order valence-electron chi connectivity index (χ2n) is 6.14. The predicted octanol–water partition coefficient (Wildman–Crippen LogP) is 3.53. The number of hydrogen-bond donors (Lipinski definition) is 3. The van der Waals surface area contributed by atoms with E-state index < -0.39 is 33.7 Å². The molecule has 0 aliphatic heterocycles. The molecule has 4 rings (SSSR count). The number of fused-ring (bicyclic) bond motifs is 2. The van der Waals surface area contributed by atoms with E-state index >= 15 is 0 Å². The molecule has 3 aromatic rings. The minimum Gasteiger partial charge on any atom is -0.504 e. The zero-order valence-corrected chi connectivity index (χ0v) is 14.2. The summed E-state index contributed by atoms with van der Waals surface area (Å²) in [7, 11) is 0. The molecular weight excluding hydrogens is 364 g/mol. The average Bonchev–Trinajstić information content (AvgIpc) is 2.68. The number of phenols is 2. The molecule has 3 aromatic carbocycles. The largest absolute Gasteiger partial charge is 0.504 e. The highest BCUT2D eigenvalue weighted by Gasteiger charge is 2.37. The van der Waals surface area contributed by atoms with Gasteiger partial charge >= 0.3 is 0 Å². The molecule has 0 radical (unpaired) electrons. The van der Waals surface area contributed by atoms with E-state index in [0.717, 1.165) is 12.1 Å². The van der Waals surface area contributed by atoms with Crippen LogP contribution in [-0.2, 0) is 0 Å². The molecule has 28 heavy (non-hydrogen) atoms. The minimum atomic E-state index is -0.792. The van der Waals surface area contributed by atoms with Gasteiger partial charge in [0.05, 0.1) is 16.1 Å². The first kappa shape index (κ1) is 17.2. The number of ketones is 2. The van der Waals surface area contributed by atoms with E-state index in [0.29, 0.717) is 5.69 Å². The van der Waals surface area contributed by atoms with Gasteiger partial charge < -0.3 is 15.5 Å². The number of nitro benzene ring substituents is 1. The number of rotatable bonds is 3. The number of hydrogen-bond acceptors (Lipinski definition) is 7. The third kappa shape index (κ3) is 2.47. The summed E-state index contributed by atoms with van der Waals surface area (Å²) in [6, 6.07) is 13.2. The maximum absolute atomic E-state index is 13.1. The minimum absolute atomic E-state index is 0.0216. The van der Waals surface area contributed by atoms with Gasteiger partial charge in [0.25, 0.3) is 5.69 Å². The number of anilines is 2. The number of nitrogens with one attached hydrogen (secondary N) is 1. The highest BCUT2D eigenvalue weighted by atomic mass is 16.6. The van der Waals surface area contributed by atoms with Crippen LogP contribution in [0.5, 0.6) is 11.5 Å². The van der Waals surface area contributed by atoms with E-state index in [1.807, 2.05) is 0 Å². The molecule has 0 amide bonds. The Morgan fingerprint density at radius 2 is 1.46 bits per heavy atom. The third-order valence-corrected chi connectivity index (χ3v) is 4.52. The lowest BCUT2D eigenvalue weighted by Gasteiger charge is -2.21. The Kier molecular flexibility index (Phi) is 3.82. The topological polar surface area (TPSA) is 130 Å². The van der Waals surface area contributed by atoms with Gasteiger partial charge in [-0.2, -0.15) is 0 Å². The molecule has 1 aliphatic carbocycles. The van der Waals surface area contributed by atoms with Crippen molar-refractivity contribution in [3.8, 4) is 11.5 Å². The lowest BCUT2D eigenvalue weighted by molar-refractivity contribution is -0.383. The molecule has 8 heteroatoms. The molecule has 0 heterocycles. The summed E-state index contributed by atoms with van der Waals surface area (Å²) in [5.41, 5.74) is -0.776. The van der Waals surface area contributed by atoms with Gasteiger partial charge in [0, 0.05) is 22.9 Å². The van der Waals surface area contributed by atoms with Crippen LogP contribution in [0.1, 0.15) is 31.8 Å². The Balaban J connectivity index is 2.00. The Hall–Kier alpha value is -4.20. The summed E-state index contributed by atoms with van der Waals surface area (Å²) in [5, 5.41) is 34.2. The lowest BCUT2D eigenvalue weighted by Crippen LogP contribution is -2.23. The average molecular weight is 376 g/mol. The van der Waals surface area contributed by atoms with Gasteiger partial charge in [-0.15, -0.1) is 0 Å². The first-order valence-corrected chi connectivity index (χ1v) is 8.18. The van der Waals surface area contributed by atoms with Crippen molar-refractivity contribution in [2.45, 2.75) is 0 Å². The van der Waals surface area contributed by atoms with Crippen LogP contribution in [0.25, 0.3) is 0 Å². The van der Waals surface area contributed by atoms with E-state index in [-0.39, 0.29) is 27.9 Å². The SMILES string of the molecule is O=C1c2ccc(O)c(O)c2C(=O)c2c1ccc([N+](=O)[O-])c2Nc1ccccc1. The third-order valence-electron chi connectivity index (χ3n) is 4.52. The fourth-order valence-electron chi connectivity index (χ4n) is 3.23. The van der Waals surface area contributed by atoms with E-state index in [1.54, 1.807) is 30.3 Å². The van der Waals surface area contributed by atoms with Crippen LogP contribution in [0.4, 0.5) is 17.1 Å². The fraction of sp³-hybridized carbons (Fsp3) is 0. The van der Waals surface area contributed by atoms with Gasteiger partial charge in [0.15, 0.2) is 17.3 Å². The van der Waals surface area contributed by atoms with Crippen molar-refractivity contribution in [3.05, 3.63) is 87.0 Å². The van der Waals surface area contributed by atoms with Crippen LogP contribution in [0.15, 0.2) is 54.6 Å². The van der Waals surface area contributed by atoms with Gasteiger partial charge in [-0.1, -0.05) is 18.2 Å². The van der Waals surface area contributed by atoms with Crippen molar-refractivity contribution in [1.29, 1.82) is 0 Å². The summed E-state index contributed by atoms with van der Waals surface area (Å²) < 4.78 is 0. The smallest absolute Gasteiger partial charge is 0.293 e. The summed E-state index contributed by atoms with van der Waals surface area (Å²) in [6.45, 7) is 0. The quantitative estimate of drug-likeness (QED) is 0.283. The standard InChI is InChI=1S/C20H12N2O6/c23-14-9-7-12-16(19(14)25)20(26)15-11(18(12)24)6-8-13(22(27)28)17(15)21-10-4-2-1-3-5-10/h1-9,21,23,25H. The molecular formula is C20H12N2O6. The number of nitro groups is 1. The van der Waals surface area contributed by atoms with Crippen molar-refractivity contribution in [2.24, 2.45) is 0 Å². The maximum atomic E-state index is 13.1. The molecule has 0 aromatic heterocycles. The number of aromatic hydroxyl groups is 2. The lowest BCUT2D eigenvalue weighted by atomic mass is 9.82. The number of carbonyl (C=O) groups excluding carboxylic acids is 2.